The molecule has 1 aliphatic rings. The van der Waals surface area contributed by atoms with Crippen molar-refractivity contribution in [3.8, 4) is 11.5 Å². The monoisotopic (exact) mass is 322 g/mol. The molecule has 0 radical (unpaired) electrons. The zero-order chi connectivity index (χ0) is 16.7. The molecule has 1 unspecified atom stereocenters. The quantitative estimate of drug-likeness (QED) is 0.285. The minimum atomic E-state index is -0.693. The molecule has 1 aromatic rings. The van der Waals surface area contributed by atoms with Crippen molar-refractivity contribution in [2.75, 3.05) is 0 Å². The van der Waals surface area contributed by atoms with Gasteiger partial charge >= 0.3 is 0 Å². The van der Waals surface area contributed by atoms with Crippen LogP contribution in [0.1, 0.15) is 35.6 Å². The van der Waals surface area contributed by atoms with Crippen molar-refractivity contribution in [1.29, 1.82) is 0 Å². The second-order valence-corrected chi connectivity index (χ2v) is 6.25. The summed E-state index contributed by atoms with van der Waals surface area (Å²) in [4.78, 5) is 0.425. The Hall–Kier alpha value is -2.02. The van der Waals surface area contributed by atoms with Crippen LogP contribution < -0.4 is 21.6 Å². The van der Waals surface area contributed by atoms with Gasteiger partial charge in [-0.1, -0.05) is 12.2 Å². The molecule has 1 aromatic carbocycles. The van der Waals surface area contributed by atoms with Crippen molar-refractivity contribution < 1.29 is 9.84 Å². The number of guanidine groups is 1. The molecule has 0 aromatic heterocycles. The Morgan fingerprint density at radius 1 is 1.27 bits per heavy atom. The van der Waals surface area contributed by atoms with Crippen LogP contribution >= 0.6 is 12.2 Å². The van der Waals surface area contributed by atoms with E-state index in [1.54, 1.807) is 0 Å². The fourth-order valence-corrected chi connectivity index (χ4v) is 2.83. The molecule has 7 heteroatoms. The number of hydrogen-bond donors (Lipinski definition) is 4. The second kappa shape index (κ2) is 5.64. The molecule has 0 bridgehead atoms. The van der Waals surface area contributed by atoms with E-state index in [0.717, 1.165) is 34.4 Å². The highest BCUT2D eigenvalue weighted by Gasteiger charge is 2.38. The molecule has 0 amide bonds. The molecule has 0 spiro atoms. The summed E-state index contributed by atoms with van der Waals surface area (Å²) in [5.41, 5.74) is 16.2. The summed E-state index contributed by atoms with van der Waals surface area (Å²) < 4.78 is 6.20. The Bertz CT molecular complexity index is 668. The number of phenolic OH excluding ortho intramolecular Hbond substituents is 1. The van der Waals surface area contributed by atoms with E-state index in [2.05, 4.69) is 10.5 Å². The van der Waals surface area contributed by atoms with Crippen molar-refractivity contribution in [1.82, 2.24) is 5.43 Å². The Morgan fingerprint density at radius 2 is 1.91 bits per heavy atom. The first-order valence-corrected chi connectivity index (χ1v) is 7.48. The standard InChI is InChI=1S/C15H22N4O2S/c1-7-8(2)12-10(9(3)11(7)20)5-6-15(4,21-12)13(22)18-19-14(16)17/h20H,5-6H2,1-4H3,(H,18,22)(H4,16,17,19). The Kier molecular flexibility index (Phi) is 4.19. The largest absolute Gasteiger partial charge is 0.507 e. The third-order valence-electron chi connectivity index (χ3n) is 4.29. The average Bonchev–Trinajstić information content (AvgIpc) is 2.48. The number of ether oxygens (including phenoxy) is 1. The third-order valence-corrected chi connectivity index (χ3v) is 4.81. The van der Waals surface area contributed by atoms with Gasteiger partial charge in [0.25, 0.3) is 0 Å². The maximum atomic E-state index is 10.2. The molecule has 0 saturated carbocycles. The number of nitrogens with one attached hydrogen (secondary N) is 1. The molecule has 1 atom stereocenters. The summed E-state index contributed by atoms with van der Waals surface area (Å²) in [6.07, 6.45) is 1.44. The van der Waals surface area contributed by atoms with Gasteiger partial charge in [-0.05, 0) is 57.2 Å². The van der Waals surface area contributed by atoms with E-state index in [0.29, 0.717) is 17.2 Å². The van der Waals surface area contributed by atoms with Crippen molar-refractivity contribution in [3.63, 3.8) is 0 Å². The number of benzene rings is 1. The zero-order valence-corrected chi connectivity index (χ0v) is 14.1. The number of nitrogens with two attached hydrogens (primary N) is 2. The number of nitrogens with zero attached hydrogens (tertiary/aromatic N) is 1. The first-order chi connectivity index (χ1) is 10.2. The first-order valence-electron chi connectivity index (χ1n) is 7.07. The molecule has 22 heavy (non-hydrogen) atoms. The van der Waals surface area contributed by atoms with Crippen molar-refractivity contribution in [3.05, 3.63) is 22.3 Å². The van der Waals surface area contributed by atoms with Crippen LogP contribution in [0.2, 0.25) is 0 Å². The van der Waals surface area contributed by atoms with Crippen LogP contribution in [0.25, 0.3) is 0 Å². The predicted octanol–water partition coefficient (Wildman–Crippen LogP) is 1.51. The number of rotatable bonds is 2. The van der Waals surface area contributed by atoms with Crippen LogP contribution in [-0.4, -0.2) is 21.7 Å². The molecule has 0 saturated heterocycles. The minimum absolute atomic E-state index is 0.0880. The van der Waals surface area contributed by atoms with Crippen LogP contribution in [0, 0.1) is 20.8 Å². The smallest absolute Gasteiger partial charge is 0.208 e. The normalized spacial score (nSPS) is 19.8. The van der Waals surface area contributed by atoms with E-state index in [1.165, 1.54) is 0 Å². The van der Waals surface area contributed by atoms with E-state index >= 15 is 0 Å². The summed E-state index contributed by atoms with van der Waals surface area (Å²) in [5, 5.41) is 13.9. The van der Waals surface area contributed by atoms with E-state index in [1.807, 2.05) is 27.7 Å². The summed E-state index contributed by atoms with van der Waals surface area (Å²) in [5.74, 6) is 1.04. The fraction of sp³-hybridized carbons (Fsp3) is 0.467. The first kappa shape index (κ1) is 16.4. The minimum Gasteiger partial charge on any atom is -0.507 e. The molecular formula is C15H22N4O2S. The predicted molar refractivity (Wildman–Crippen MR) is 91.2 cm³/mol. The average molecular weight is 322 g/mol. The Labute approximate surface area is 135 Å². The molecule has 1 aliphatic heterocycles. The van der Waals surface area contributed by atoms with Gasteiger partial charge in [0.2, 0.25) is 5.96 Å². The van der Waals surface area contributed by atoms with Crippen molar-refractivity contribution >= 4 is 23.2 Å². The zero-order valence-electron chi connectivity index (χ0n) is 13.3. The van der Waals surface area contributed by atoms with Gasteiger partial charge in [0.05, 0.1) is 0 Å². The van der Waals surface area contributed by atoms with Gasteiger partial charge in [0, 0.05) is 5.56 Å². The molecule has 2 rings (SSSR count). The maximum Gasteiger partial charge on any atom is 0.208 e. The van der Waals surface area contributed by atoms with Crippen LogP contribution in [0.15, 0.2) is 5.10 Å². The number of aromatic hydroxyl groups is 1. The summed E-state index contributed by atoms with van der Waals surface area (Å²) in [6, 6.07) is 0. The van der Waals surface area contributed by atoms with E-state index < -0.39 is 5.60 Å². The second-order valence-electron chi connectivity index (χ2n) is 5.84. The van der Waals surface area contributed by atoms with Gasteiger partial charge in [-0.3, -0.25) is 5.43 Å². The van der Waals surface area contributed by atoms with Crippen LogP contribution in [-0.2, 0) is 6.42 Å². The number of thiocarbonyl (C=S) groups is 1. The van der Waals surface area contributed by atoms with E-state index in [4.69, 9.17) is 28.4 Å². The molecule has 120 valence electrons. The molecule has 6 nitrogen and oxygen atoms in total. The fourth-order valence-electron chi connectivity index (χ4n) is 2.64. The van der Waals surface area contributed by atoms with Crippen molar-refractivity contribution in [2.24, 2.45) is 16.6 Å². The van der Waals surface area contributed by atoms with E-state index in [-0.39, 0.29) is 5.96 Å². The Balaban J connectivity index is 2.39. The lowest BCUT2D eigenvalue weighted by Gasteiger charge is -2.37. The van der Waals surface area contributed by atoms with Crippen LogP contribution in [0.4, 0.5) is 0 Å². The molecule has 6 N–H and O–H groups in total. The highest BCUT2D eigenvalue weighted by atomic mass is 32.1. The highest BCUT2D eigenvalue weighted by molar-refractivity contribution is 7.80. The van der Waals surface area contributed by atoms with Gasteiger partial charge in [0.1, 0.15) is 16.5 Å². The molecule has 0 aliphatic carbocycles. The molecular weight excluding hydrogens is 300 g/mol. The van der Waals surface area contributed by atoms with E-state index in [9.17, 15) is 5.11 Å². The third kappa shape index (κ3) is 2.68. The number of hydrazone groups is 1. The molecule has 0 fully saturated rings. The SMILES string of the molecule is Cc1c(C)c2c(c(C)c1O)CCC(C)(C(=S)NN=C(N)N)O2. The Morgan fingerprint density at radius 3 is 2.50 bits per heavy atom. The number of fused-ring (bicyclic) bond motifs is 1. The summed E-state index contributed by atoms with van der Waals surface area (Å²) in [7, 11) is 0. The van der Waals surface area contributed by atoms with Crippen LogP contribution in [0.5, 0.6) is 11.5 Å². The molecule has 1 heterocycles. The van der Waals surface area contributed by atoms with Gasteiger partial charge in [-0.15, -0.1) is 5.10 Å². The van der Waals surface area contributed by atoms with Crippen molar-refractivity contribution in [2.45, 2.75) is 46.1 Å². The van der Waals surface area contributed by atoms with Gasteiger partial charge in [-0.2, -0.15) is 0 Å². The summed E-state index contributed by atoms with van der Waals surface area (Å²) >= 11 is 5.37. The highest BCUT2D eigenvalue weighted by Crippen LogP contribution is 2.43. The topological polar surface area (TPSA) is 106 Å². The van der Waals surface area contributed by atoms with Crippen LogP contribution in [0.3, 0.4) is 0 Å². The number of hydrogen-bond acceptors (Lipinski definition) is 4. The lowest BCUT2D eigenvalue weighted by molar-refractivity contribution is 0.131. The lowest BCUT2D eigenvalue weighted by Crippen LogP contribution is -2.49. The van der Waals surface area contributed by atoms with Gasteiger partial charge in [-0.25, -0.2) is 0 Å². The number of phenols is 1. The maximum absolute atomic E-state index is 10.2. The summed E-state index contributed by atoms with van der Waals surface area (Å²) in [6.45, 7) is 7.63. The van der Waals surface area contributed by atoms with Gasteiger partial charge < -0.3 is 21.3 Å². The lowest BCUT2D eigenvalue weighted by atomic mass is 9.87. The van der Waals surface area contributed by atoms with Gasteiger partial charge in [0.15, 0.2) is 5.60 Å².